The molecule has 0 spiro atoms. The molecular weight excluding hydrogens is 332 g/mol. The Bertz CT molecular complexity index is 842. The number of rotatable bonds is 4. The van der Waals surface area contributed by atoms with Crippen LogP contribution in [0.1, 0.15) is 11.4 Å². The van der Waals surface area contributed by atoms with Crippen LogP contribution in [0.15, 0.2) is 41.8 Å². The second-order valence-corrected chi connectivity index (χ2v) is 7.27. The molecule has 1 atom stereocenters. The van der Waals surface area contributed by atoms with Gasteiger partial charge >= 0.3 is 0 Å². The predicted molar refractivity (Wildman–Crippen MR) is 101 cm³/mol. The van der Waals surface area contributed by atoms with E-state index in [1.165, 1.54) is 5.69 Å². The first kappa shape index (κ1) is 16.3. The molecule has 1 aliphatic heterocycles. The van der Waals surface area contributed by atoms with Crippen molar-refractivity contribution in [2.24, 2.45) is 0 Å². The third-order valence-corrected chi connectivity index (χ3v) is 5.35. The number of benzene rings is 1. The smallest absolute Gasteiger partial charge is 0.186 e. The van der Waals surface area contributed by atoms with E-state index in [1.54, 1.807) is 11.3 Å². The summed E-state index contributed by atoms with van der Waals surface area (Å²) in [5.41, 5.74) is 4.44. The van der Waals surface area contributed by atoms with Gasteiger partial charge in [0.25, 0.3) is 0 Å². The maximum atomic E-state index is 5.96. The van der Waals surface area contributed by atoms with E-state index in [0.29, 0.717) is 0 Å². The van der Waals surface area contributed by atoms with Gasteiger partial charge < -0.3 is 9.64 Å². The van der Waals surface area contributed by atoms with Crippen molar-refractivity contribution in [1.29, 1.82) is 0 Å². The molecule has 1 aromatic carbocycles. The summed E-state index contributed by atoms with van der Waals surface area (Å²) in [6.45, 7) is 7.36. The molecule has 0 bridgehead atoms. The summed E-state index contributed by atoms with van der Waals surface area (Å²) >= 11 is 1.70. The summed E-state index contributed by atoms with van der Waals surface area (Å²) in [5, 5.41) is 7.76. The number of morpholine rings is 1. The second-order valence-electron chi connectivity index (χ2n) is 6.43. The van der Waals surface area contributed by atoms with Crippen LogP contribution in [0.2, 0.25) is 0 Å². The average molecular weight is 354 g/mol. The molecule has 3 aromatic rings. The molecule has 2 aromatic heterocycles. The Morgan fingerprint density at radius 2 is 2.08 bits per heavy atom. The number of ether oxygens (including phenoxy) is 1. The number of thiazole rings is 1. The summed E-state index contributed by atoms with van der Waals surface area (Å²) in [6, 6.07) is 12.4. The van der Waals surface area contributed by atoms with E-state index in [-0.39, 0.29) is 6.10 Å². The topological polar surface area (TPSA) is 43.2 Å². The third-order valence-electron chi connectivity index (χ3n) is 4.45. The van der Waals surface area contributed by atoms with Gasteiger partial charge in [-0.25, -0.2) is 4.98 Å². The lowest BCUT2D eigenvalue weighted by molar-refractivity contribution is 0.0270. The van der Waals surface area contributed by atoms with Gasteiger partial charge in [0.15, 0.2) is 5.13 Å². The van der Waals surface area contributed by atoms with Crippen molar-refractivity contribution in [3.8, 4) is 11.3 Å². The molecule has 1 unspecified atom stereocenters. The fourth-order valence-corrected chi connectivity index (χ4v) is 4.08. The Kier molecular flexibility index (Phi) is 4.55. The summed E-state index contributed by atoms with van der Waals surface area (Å²) in [7, 11) is 0. The van der Waals surface area contributed by atoms with Gasteiger partial charge in [0, 0.05) is 29.7 Å². The van der Waals surface area contributed by atoms with Gasteiger partial charge in [-0.1, -0.05) is 30.3 Å². The van der Waals surface area contributed by atoms with E-state index < -0.39 is 0 Å². The quantitative estimate of drug-likeness (QED) is 0.719. The van der Waals surface area contributed by atoms with E-state index >= 15 is 0 Å². The SMILES string of the molecule is Cc1cc(C)n(CC2CN(c3nc(-c4ccccc4)cs3)CCO2)n1. The Hall–Kier alpha value is -2.18. The monoisotopic (exact) mass is 354 g/mol. The Balaban J connectivity index is 1.46. The van der Waals surface area contributed by atoms with Crippen molar-refractivity contribution in [2.45, 2.75) is 26.5 Å². The van der Waals surface area contributed by atoms with Gasteiger partial charge in [-0.15, -0.1) is 11.3 Å². The molecule has 0 amide bonds. The normalized spacial score (nSPS) is 17.8. The van der Waals surface area contributed by atoms with Crippen LogP contribution < -0.4 is 4.90 Å². The zero-order valence-corrected chi connectivity index (χ0v) is 15.4. The van der Waals surface area contributed by atoms with Crippen molar-refractivity contribution < 1.29 is 4.74 Å². The maximum Gasteiger partial charge on any atom is 0.186 e. The van der Waals surface area contributed by atoms with Crippen LogP contribution in [-0.2, 0) is 11.3 Å². The van der Waals surface area contributed by atoms with Crippen molar-refractivity contribution in [1.82, 2.24) is 14.8 Å². The summed E-state index contributed by atoms with van der Waals surface area (Å²) < 4.78 is 8.01. The highest BCUT2D eigenvalue weighted by molar-refractivity contribution is 7.14. The van der Waals surface area contributed by atoms with E-state index in [4.69, 9.17) is 9.72 Å². The van der Waals surface area contributed by atoms with Gasteiger partial charge in [-0.3, -0.25) is 4.68 Å². The number of hydrogen-bond acceptors (Lipinski definition) is 5. The van der Waals surface area contributed by atoms with E-state index in [0.717, 1.165) is 48.3 Å². The molecular formula is C19H22N4OS. The first-order chi connectivity index (χ1) is 12.2. The van der Waals surface area contributed by atoms with E-state index in [2.05, 4.69) is 40.5 Å². The zero-order chi connectivity index (χ0) is 17.2. The van der Waals surface area contributed by atoms with Gasteiger partial charge in [0.05, 0.1) is 30.6 Å². The molecule has 130 valence electrons. The maximum absolute atomic E-state index is 5.96. The van der Waals surface area contributed by atoms with Gasteiger partial charge in [-0.2, -0.15) is 5.10 Å². The minimum atomic E-state index is 0.135. The van der Waals surface area contributed by atoms with Gasteiger partial charge in [0.2, 0.25) is 0 Å². The minimum Gasteiger partial charge on any atom is -0.373 e. The largest absolute Gasteiger partial charge is 0.373 e. The van der Waals surface area contributed by atoms with E-state index in [9.17, 15) is 0 Å². The third kappa shape index (κ3) is 3.60. The Labute approximate surface area is 151 Å². The molecule has 3 heterocycles. The molecule has 4 rings (SSSR count). The highest BCUT2D eigenvalue weighted by Gasteiger charge is 2.24. The van der Waals surface area contributed by atoms with Crippen LogP contribution in [-0.4, -0.2) is 40.6 Å². The number of aryl methyl sites for hydroxylation is 2. The molecule has 0 saturated carbocycles. The predicted octanol–water partition coefficient (Wildman–Crippen LogP) is 3.53. The standard InChI is InChI=1S/C19H22N4OS/c1-14-10-15(2)23(21-14)12-17-11-22(8-9-24-17)19-20-18(13-25-19)16-6-4-3-5-7-16/h3-7,10,13,17H,8-9,11-12H2,1-2H3. The van der Waals surface area contributed by atoms with Crippen LogP contribution in [0, 0.1) is 13.8 Å². The summed E-state index contributed by atoms with van der Waals surface area (Å²) in [4.78, 5) is 7.16. The number of nitrogens with zero attached hydrogens (tertiary/aromatic N) is 4. The highest BCUT2D eigenvalue weighted by Crippen LogP contribution is 2.28. The zero-order valence-electron chi connectivity index (χ0n) is 14.6. The van der Waals surface area contributed by atoms with Crippen molar-refractivity contribution >= 4 is 16.5 Å². The highest BCUT2D eigenvalue weighted by atomic mass is 32.1. The first-order valence-electron chi connectivity index (χ1n) is 8.57. The van der Waals surface area contributed by atoms with E-state index in [1.807, 2.05) is 29.8 Å². The second kappa shape index (κ2) is 6.98. The average Bonchev–Trinajstić information content (AvgIpc) is 3.23. The lowest BCUT2D eigenvalue weighted by Gasteiger charge is -2.32. The van der Waals surface area contributed by atoms with Crippen LogP contribution in [0.4, 0.5) is 5.13 Å². The van der Waals surface area contributed by atoms with Crippen molar-refractivity contribution in [3.63, 3.8) is 0 Å². The lowest BCUT2D eigenvalue weighted by atomic mass is 10.2. The Morgan fingerprint density at radius 1 is 1.24 bits per heavy atom. The molecule has 0 radical (unpaired) electrons. The molecule has 5 nitrogen and oxygen atoms in total. The van der Waals surface area contributed by atoms with Gasteiger partial charge in [-0.05, 0) is 19.9 Å². The molecule has 1 fully saturated rings. The molecule has 1 saturated heterocycles. The fourth-order valence-electron chi connectivity index (χ4n) is 3.21. The fraction of sp³-hybridized carbons (Fsp3) is 0.368. The Morgan fingerprint density at radius 3 is 2.84 bits per heavy atom. The van der Waals surface area contributed by atoms with Crippen molar-refractivity contribution in [3.05, 3.63) is 53.2 Å². The number of hydrogen-bond donors (Lipinski definition) is 0. The first-order valence-corrected chi connectivity index (χ1v) is 9.45. The number of anilines is 1. The molecule has 25 heavy (non-hydrogen) atoms. The molecule has 1 aliphatic rings. The van der Waals surface area contributed by atoms with Gasteiger partial charge in [0.1, 0.15) is 0 Å². The molecule has 0 aliphatic carbocycles. The molecule has 0 N–H and O–H groups in total. The molecule has 6 heteroatoms. The van der Waals surface area contributed by atoms with Crippen LogP contribution in [0.25, 0.3) is 11.3 Å². The van der Waals surface area contributed by atoms with Crippen LogP contribution >= 0.6 is 11.3 Å². The van der Waals surface area contributed by atoms with Crippen molar-refractivity contribution in [2.75, 3.05) is 24.6 Å². The lowest BCUT2D eigenvalue weighted by Crippen LogP contribution is -2.44. The van der Waals surface area contributed by atoms with Crippen LogP contribution in [0.3, 0.4) is 0 Å². The summed E-state index contributed by atoms with van der Waals surface area (Å²) in [5.74, 6) is 0. The minimum absolute atomic E-state index is 0.135. The van der Waals surface area contributed by atoms with Crippen LogP contribution in [0.5, 0.6) is 0 Å². The summed E-state index contributed by atoms with van der Waals surface area (Å²) in [6.07, 6.45) is 0.135. The number of aromatic nitrogens is 3.